The van der Waals surface area contributed by atoms with E-state index in [9.17, 15) is 4.79 Å². The van der Waals surface area contributed by atoms with Gasteiger partial charge in [0.15, 0.2) is 0 Å². The summed E-state index contributed by atoms with van der Waals surface area (Å²) >= 11 is 7.81. The number of anilines is 1. The zero-order valence-electron chi connectivity index (χ0n) is 17.0. The molecule has 2 heterocycles. The van der Waals surface area contributed by atoms with Gasteiger partial charge in [0, 0.05) is 19.6 Å². The van der Waals surface area contributed by atoms with Crippen molar-refractivity contribution in [1.29, 1.82) is 0 Å². The number of benzene rings is 1. The molecule has 0 radical (unpaired) electrons. The van der Waals surface area contributed by atoms with Crippen LogP contribution in [0.2, 0.25) is 5.28 Å². The van der Waals surface area contributed by atoms with Crippen LogP contribution in [0, 0.1) is 0 Å². The molecule has 1 saturated heterocycles. The van der Waals surface area contributed by atoms with Crippen LogP contribution >= 0.6 is 23.4 Å². The molecule has 8 heteroatoms. The van der Waals surface area contributed by atoms with Gasteiger partial charge in [-0.2, -0.15) is 4.98 Å². The molecule has 1 aromatic heterocycles. The Morgan fingerprint density at radius 2 is 2.00 bits per heavy atom. The molecule has 1 N–H and O–H groups in total. The van der Waals surface area contributed by atoms with Gasteiger partial charge in [0.25, 0.3) is 0 Å². The second kappa shape index (κ2) is 12.5. The van der Waals surface area contributed by atoms with Crippen LogP contribution in [0.15, 0.2) is 29.2 Å². The summed E-state index contributed by atoms with van der Waals surface area (Å²) < 4.78 is 5.43. The van der Waals surface area contributed by atoms with Crippen LogP contribution in [0.5, 0.6) is 0 Å². The maximum absolute atomic E-state index is 10.5. The predicted octanol–water partition coefficient (Wildman–Crippen LogP) is 4.13. The van der Waals surface area contributed by atoms with Gasteiger partial charge in [-0.15, -0.1) is 11.8 Å². The summed E-state index contributed by atoms with van der Waals surface area (Å²) in [6.45, 7) is 7.44. The maximum atomic E-state index is 10.5. The summed E-state index contributed by atoms with van der Waals surface area (Å²) in [6, 6.07) is 7.96. The summed E-state index contributed by atoms with van der Waals surface area (Å²) in [5.41, 5.74) is 2.85. The number of amides is 1. The molecular weight excluding hydrogens is 408 g/mol. The first-order chi connectivity index (χ1) is 14.2. The number of ether oxygens (including phenoxy) is 1. The van der Waals surface area contributed by atoms with Crippen LogP contribution in [-0.4, -0.2) is 48.9 Å². The highest BCUT2D eigenvalue weighted by atomic mass is 35.5. The normalized spacial score (nSPS) is 13.7. The Hall–Kier alpha value is -2.09. The average Bonchev–Trinajstić information content (AvgIpc) is 2.78. The molecule has 0 saturated carbocycles. The van der Waals surface area contributed by atoms with Crippen molar-refractivity contribution in [2.45, 2.75) is 25.3 Å². The Balaban J connectivity index is 0.00000145. The second-order valence-corrected chi connectivity index (χ2v) is 7.07. The second-order valence-electron chi connectivity index (χ2n) is 5.91. The zero-order valence-corrected chi connectivity index (χ0v) is 18.6. The molecule has 0 spiro atoms. The number of nitrogens with zero attached hydrogens (tertiary/aromatic N) is 3. The zero-order chi connectivity index (χ0) is 21.1. The fraction of sp³-hybridized carbons (Fsp3) is 0.381. The lowest BCUT2D eigenvalue weighted by atomic mass is 10.1. The van der Waals surface area contributed by atoms with Gasteiger partial charge < -0.3 is 15.0 Å². The molecule has 29 heavy (non-hydrogen) atoms. The lowest BCUT2D eigenvalue weighted by molar-refractivity contribution is -0.109. The molecule has 0 aliphatic carbocycles. The Morgan fingerprint density at radius 3 is 2.69 bits per heavy atom. The molecule has 1 amide bonds. The molecule has 3 rings (SSSR count). The Labute approximate surface area is 181 Å². The van der Waals surface area contributed by atoms with E-state index < -0.39 is 0 Å². The van der Waals surface area contributed by atoms with Gasteiger partial charge in [-0.05, 0) is 41.1 Å². The van der Waals surface area contributed by atoms with Crippen LogP contribution in [0.3, 0.4) is 0 Å². The molecule has 1 fully saturated rings. The Bertz CT molecular complexity index is 826. The minimum atomic E-state index is 0.234. The number of thioether (sulfide) groups is 1. The molecule has 0 unspecified atom stereocenters. The minimum Gasteiger partial charge on any atom is -0.378 e. The first-order valence-electron chi connectivity index (χ1n) is 9.59. The predicted molar refractivity (Wildman–Crippen MR) is 121 cm³/mol. The number of aromatic nitrogens is 2. The van der Waals surface area contributed by atoms with Crippen LogP contribution in [0.1, 0.15) is 30.7 Å². The smallest absolute Gasteiger partial charge is 0.224 e. The van der Waals surface area contributed by atoms with Gasteiger partial charge >= 0.3 is 0 Å². The topological polar surface area (TPSA) is 67.4 Å². The van der Waals surface area contributed by atoms with Crippen molar-refractivity contribution in [3.8, 4) is 0 Å². The average molecular weight is 435 g/mol. The van der Waals surface area contributed by atoms with E-state index in [0.717, 1.165) is 40.6 Å². The number of hydrogen-bond acceptors (Lipinski definition) is 6. The number of nitrogens with one attached hydrogen (secondary N) is 1. The van der Waals surface area contributed by atoms with Crippen molar-refractivity contribution in [2.75, 3.05) is 37.5 Å². The van der Waals surface area contributed by atoms with E-state index in [2.05, 4.69) is 20.2 Å². The quantitative estimate of drug-likeness (QED) is 0.401. The third kappa shape index (κ3) is 6.73. The van der Waals surface area contributed by atoms with Crippen LogP contribution in [-0.2, 0) is 16.1 Å². The van der Waals surface area contributed by atoms with Crippen molar-refractivity contribution in [2.24, 2.45) is 0 Å². The number of hydrogen-bond donors (Lipinski definition) is 1. The van der Waals surface area contributed by atoms with E-state index in [1.807, 2.05) is 56.5 Å². The highest BCUT2D eigenvalue weighted by Crippen LogP contribution is 2.32. The highest BCUT2D eigenvalue weighted by molar-refractivity contribution is 7.98. The molecule has 1 aliphatic rings. The molecule has 2 aromatic rings. The first kappa shape index (κ1) is 23.2. The van der Waals surface area contributed by atoms with Crippen molar-refractivity contribution in [3.63, 3.8) is 0 Å². The summed E-state index contributed by atoms with van der Waals surface area (Å²) in [5.74, 6) is 0.856. The van der Waals surface area contributed by atoms with Crippen LogP contribution in [0.4, 0.5) is 5.82 Å². The minimum absolute atomic E-state index is 0.234. The van der Waals surface area contributed by atoms with Crippen molar-refractivity contribution < 1.29 is 9.53 Å². The molecule has 0 atom stereocenters. The largest absolute Gasteiger partial charge is 0.378 e. The number of morpholine rings is 1. The van der Waals surface area contributed by atoms with E-state index in [1.165, 1.54) is 0 Å². The fourth-order valence-corrected chi connectivity index (χ4v) is 3.72. The van der Waals surface area contributed by atoms with Crippen molar-refractivity contribution in [3.05, 3.63) is 46.4 Å². The molecule has 1 aromatic carbocycles. The van der Waals surface area contributed by atoms with Crippen molar-refractivity contribution >= 4 is 47.7 Å². The first-order valence-corrected chi connectivity index (χ1v) is 11.2. The highest BCUT2D eigenvalue weighted by Gasteiger charge is 2.19. The number of halogens is 1. The summed E-state index contributed by atoms with van der Waals surface area (Å²) in [4.78, 5) is 22.5. The van der Waals surface area contributed by atoms with Gasteiger partial charge in [-0.25, -0.2) is 4.98 Å². The maximum Gasteiger partial charge on any atom is 0.224 e. The van der Waals surface area contributed by atoms with Gasteiger partial charge in [-0.3, -0.25) is 4.79 Å². The van der Waals surface area contributed by atoms with E-state index in [0.29, 0.717) is 26.2 Å². The van der Waals surface area contributed by atoms with Gasteiger partial charge in [0.05, 0.1) is 23.8 Å². The standard InChI is InChI=1S/C19H21ClN4O2S.C2H6/c1-27-17-16(6-5-14-3-2-4-15(11-14)12-21-13-25)22-19(20)23-18(17)24-7-9-26-10-8-24;1-2/h2-6,11,13H,7-10,12H2,1H3,(H,21,25);1-2H3/b6-5+;. The molecule has 1 aliphatic heterocycles. The lowest BCUT2D eigenvalue weighted by Crippen LogP contribution is -2.37. The molecule has 6 nitrogen and oxygen atoms in total. The van der Waals surface area contributed by atoms with Gasteiger partial charge in [-0.1, -0.05) is 38.1 Å². The van der Waals surface area contributed by atoms with E-state index in [-0.39, 0.29) is 5.28 Å². The third-order valence-electron chi connectivity index (χ3n) is 4.14. The van der Waals surface area contributed by atoms with Gasteiger partial charge in [0.1, 0.15) is 5.82 Å². The third-order valence-corrected chi connectivity index (χ3v) is 5.10. The fourth-order valence-electron chi connectivity index (χ4n) is 2.87. The Morgan fingerprint density at radius 1 is 1.24 bits per heavy atom. The number of carbonyl (C=O) groups is 1. The lowest BCUT2D eigenvalue weighted by Gasteiger charge is -2.29. The number of rotatable bonds is 7. The summed E-state index contributed by atoms with van der Waals surface area (Å²) in [6.07, 6.45) is 6.66. The number of carbonyl (C=O) groups excluding carboxylic acids is 1. The van der Waals surface area contributed by atoms with Gasteiger partial charge in [0.2, 0.25) is 11.7 Å². The van der Waals surface area contributed by atoms with E-state index in [1.54, 1.807) is 11.8 Å². The van der Waals surface area contributed by atoms with E-state index >= 15 is 0 Å². The summed E-state index contributed by atoms with van der Waals surface area (Å²) in [7, 11) is 0. The van der Waals surface area contributed by atoms with E-state index in [4.69, 9.17) is 16.3 Å². The monoisotopic (exact) mass is 434 g/mol. The summed E-state index contributed by atoms with van der Waals surface area (Å²) in [5, 5.41) is 2.91. The molecule has 0 bridgehead atoms. The molecule has 156 valence electrons. The van der Waals surface area contributed by atoms with Crippen LogP contribution < -0.4 is 10.2 Å². The SMILES string of the molecule is CC.CSc1c(/C=C/c2cccc(CNC=O)c2)nc(Cl)nc1N1CCOCC1. The molecular formula is C21H27ClN4O2S. The van der Waals surface area contributed by atoms with Crippen LogP contribution in [0.25, 0.3) is 12.2 Å². The Kier molecular flexibility index (Phi) is 9.97. The van der Waals surface area contributed by atoms with Crippen molar-refractivity contribution in [1.82, 2.24) is 15.3 Å².